The average Bonchev–Trinajstić information content (AvgIpc) is 2.85. The van der Waals surface area contributed by atoms with Crippen LogP contribution in [0, 0.1) is 0 Å². The van der Waals surface area contributed by atoms with E-state index in [1.165, 1.54) is 48.0 Å². The summed E-state index contributed by atoms with van der Waals surface area (Å²) < 4.78 is 12.3. The number of hydrogen-bond donors (Lipinski definition) is 0. The molecule has 2 aliphatic carbocycles. The van der Waals surface area contributed by atoms with Gasteiger partial charge in [-0.25, -0.2) is 0 Å². The molecule has 2 aromatic carbocycles. The van der Waals surface area contributed by atoms with Gasteiger partial charge in [0.15, 0.2) is 0 Å². The molecule has 2 atom stereocenters. The van der Waals surface area contributed by atoms with Gasteiger partial charge in [0.05, 0.1) is 0 Å². The van der Waals surface area contributed by atoms with Crippen molar-refractivity contribution >= 4 is 11.1 Å². The van der Waals surface area contributed by atoms with Crippen molar-refractivity contribution in [2.75, 3.05) is 0 Å². The van der Waals surface area contributed by atoms with Gasteiger partial charge in [-0.2, -0.15) is 0 Å². The molecule has 0 spiro atoms. The Bertz CT molecular complexity index is 868. The van der Waals surface area contributed by atoms with Gasteiger partial charge in [0, 0.05) is 0 Å². The molecule has 0 amide bonds. The van der Waals surface area contributed by atoms with Crippen LogP contribution in [0.15, 0.2) is 72.8 Å². The van der Waals surface area contributed by atoms with Gasteiger partial charge in [0.25, 0.3) is 0 Å². The van der Waals surface area contributed by atoms with Gasteiger partial charge in [0.2, 0.25) is 0 Å². The highest BCUT2D eigenvalue weighted by molar-refractivity contribution is 5.90. The predicted octanol–water partition coefficient (Wildman–Crippen LogP) is 8.39. The van der Waals surface area contributed by atoms with Gasteiger partial charge < -0.3 is 9.47 Å². The third kappa shape index (κ3) is 5.73. The number of benzene rings is 2. The molecule has 0 aliphatic heterocycles. The van der Waals surface area contributed by atoms with Crippen molar-refractivity contribution in [2.45, 2.75) is 77.4 Å². The number of rotatable bonds is 8. The first-order valence-corrected chi connectivity index (χ1v) is 12.4. The molecule has 168 valence electrons. The third-order valence-electron chi connectivity index (χ3n) is 6.47. The second kappa shape index (κ2) is 11.2. The molecule has 0 aromatic heterocycles. The van der Waals surface area contributed by atoms with Crippen LogP contribution in [0.4, 0.5) is 0 Å². The fourth-order valence-corrected chi connectivity index (χ4v) is 4.76. The van der Waals surface area contributed by atoms with Crippen molar-refractivity contribution in [1.82, 2.24) is 0 Å². The van der Waals surface area contributed by atoms with Gasteiger partial charge in [-0.3, -0.25) is 0 Å². The molecule has 4 rings (SSSR count). The molecular formula is C30H36O2. The van der Waals surface area contributed by atoms with E-state index < -0.39 is 0 Å². The maximum Gasteiger partial charge on any atom is 0.120 e. The molecule has 0 radical (unpaired) electrons. The summed E-state index contributed by atoms with van der Waals surface area (Å²) >= 11 is 0. The molecule has 2 heteroatoms. The SMILES string of the molecule is CC/C(=C(/CC)c1ccc(O[C@H]2C=CCCC2)cc1)c1ccc(O[C@H]2C=CCCC2)cc1. The Kier molecular flexibility index (Phi) is 7.87. The summed E-state index contributed by atoms with van der Waals surface area (Å²) in [6, 6.07) is 17.3. The van der Waals surface area contributed by atoms with Crippen molar-refractivity contribution < 1.29 is 9.47 Å². The van der Waals surface area contributed by atoms with Crippen LogP contribution in [0.25, 0.3) is 11.1 Å². The molecule has 0 bridgehead atoms. The zero-order valence-corrected chi connectivity index (χ0v) is 19.6. The molecule has 2 aromatic rings. The fraction of sp³-hybridized carbons (Fsp3) is 0.400. The van der Waals surface area contributed by atoms with Crippen molar-refractivity contribution in [2.24, 2.45) is 0 Å². The summed E-state index contributed by atoms with van der Waals surface area (Å²) in [5, 5.41) is 0. The van der Waals surface area contributed by atoms with E-state index in [0.717, 1.165) is 37.2 Å². The molecular weight excluding hydrogens is 392 g/mol. The van der Waals surface area contributed by atoms with Crippen LogP contribution in [-0.2, 0) is 0 Å². The molecule has 0 unspecified atom stereocenters. The van der Waals surface area contributed by atoms with Crippen LogP contribution in [0.5, 0.6) is 11.5 Å². The van der Waals surface area contributed by atoms with Gasteiger partial charge in [-0.15, -0.1) is 0 Å². The van der Waals surface area contributed by atoms with E-state index in [2.05, 4.69) is 86.7 Å². The summed E-state index contributed by atoms with van der Waals surface area (Å²) in [4.78, 5) is 0. The minimum Gasteiger partial charge on any atom is -0.486 e. The maximum absolute atomic E-state index is 6.15. The molecule has 0 saturated heterocycles. The van der Waals surface area contributed by atoms with Gasteiger partial charge in [-0.1, -0.05) is 50.3 Å². The first kappa shape index (κ1) is 22.5. The number of ether oxygens (including phenoxy) is 2. The van der Waals surface area contributed by atoms with E-state index >= 15 is 0 Å². The van der Waals surface area contributed by atoms with Crippen molar-refractivity contribution in [3.05, 3.63) is 84.0 Å². The lowest BCUT2D eigenvalue weighted by atomic mass is 9.91. The zero-order valence-electron chi connectivity index (χ0n) is 19.6. The van der Waals surface area contributed by atoms with Crippen LogP contribution >= 0.6 is 0 Å². The second-order valence-corrected chi connectivity index (χ2v) is 8.74. The van der Waals surface area contributed by atoms with Crippen LogP contribution in [-0.4, -0.2) is 12.2 Å². The van der Waals surface area contributed by atoms with E-state index in [-0.39, 0.29) is 12.2 Å². The van der Waals surface area contributed by atoms with E-state index in [4.69, 9.17) is 9.47 Å². The van der Waals surface area contributed by atoms with Crippen LogP contribution in [0.2, 0.25) is 0 Å². The highest BCUT2D eigenvalue weighted by Gasteiger charge is 2.13. The molecule has 0 fully saturated rings. The molecule has 0 heterocycles. The topological polar surface area (TPSA) is 18.5 Å². The summed E-state index contributed by atoms with van der Waals surface area (Å²) in [7, 11) is 0. The molecule has 2 aliphatic rings. The van der Waals surface area contributed by atoms with E-state index in [0.29, 0.717) is 0 Å². The Morgan fingerprint density at radius 3 is 1.38 bits per heavy atom. The lowest BCUT2D eigenvalue weighted by molar-refractivity contribution is 0.229. The van der Waals surface area contributed by atoms with E-state index in [1.807, 2.05) is 0 Å². The zero-order chi connectivity index (χ0) is 22.2. The Labute approximate surface area is 193 Å². The van der Waals surface area contributed by atoms with Crippen LogP contribution in [0.3, 0.4) is 0 Å². The number of allylic oxidation sites excluding steroid dienone is 4. The molecule has 2 nitrogen and oxygen atoms in total. The Balaban J connectivity index is 1.50. The maximum atomic E-state index is 6.15. The van der Waals surface area contributed by atoms with Crippen LogP contribution in [0.1, 0.15) is 76.3 Å². The van der Waals surface area contributed by atoms with Gasteiger partial charge in [0.1, 0.15) is 23.7 Å². The predicted molar refractivity (Wildman–Crippen MR) is 135 cm³/mol. The van der Waals surface area contributed by atoms with Gasteiger partial charge in [-0.05, 0) is 110 Å². The minimum absolute atomic E-state index is 0.215. The minimum atomic E-state index is 0.215. The first-order valence-electron chi connectivity index (χ1n) is 12.4. The summed E-state index contributed by atoms with van der Waals surface area (Å²) in [6.07, 6.45) is 18.3. The second-order valence-electron chi connectivity index (χ2n) is 8.74. The molecule has 32 heavy (non-hydrogen) atoms. The van der Waals surface area contributed by atoms with Crippen molar-refractivity contribution in [1.29, 1.82) is 0 Å². The molecule has 0 N–H and O–H groups in total. The summed E-state index contributed by atoms with van der Waals surface area (Å²) in [6.45, 7) is 4.49. The monoisotopic (exact) mass is 428 g/mol. The largest absolute Gasteiger partial charge is 0.486 e. The summed E-state index contributed by atoms with van der Waals surface area (Å²) in [5.41, 5.74) is 5.37. The Hall–Kier alpha value is -2.74. The van der Waals surface area contributed by atoms with E-state index in [9.17, 15) is 0 Å². The van der Waals surface area contributed by atoms with E-state index in [1.54, 1.807) is 0 Å². The highest BCUT2D eigenvalue weighted by atomic mass is 16.5. The Morgan fingerprint density at radius 1 is 0.656 bits per heavy atom. The lowest BCUT2D eigenvalue weighted by Crippen LogP contribution is -2.15. The standard InChI is InChI=1S/C30H36O2/c1-3-29(23-15-19-27(20-16-23)31-25-11-7-5-8-12-25)30(4-2)24-17-21-28(22-18-24)32-26-13-9-6-10-14-26/h7,9,11,13,15-22,25-26H,3-6,8,10,12,14H2,1-2H3/b30-29+/t25-,26-/m0/s1. The Morgan fingerprint density at radius 2 is 1.06 bits per heavy atom. The van der Waals surface area contributed by atoms with Crippen molar-refractivity contribution in [3.63, 3.8) is 0 Å². The van der Waals surface area contributed by atoms with Crippen molar-refractivity contribution in [3.8, 4) is 11.5 Å². The van der Waals surface area contributed by atoms with Gasteiger partial charge >= 0.3 is 0 Å². The van der Waals surface area contributed by atoms with Crippen LogP contribution < -0.4 is 9.47 Å². The normalized spacial score (nSPS) is 21.2. The lowest BCUT2D eigenvalue weighted by Gasteiger charge is -2.20. The highest BCUT2D eigenvalue weighted by Crippen LogP contribution is 2.33. The summed E-state index contributed by atoms with van der Waals surface area (Å²) in [5.74, 6) is 1.91. The number of hydrogen-bond acceptors (Lipinski definition) is 2. The first-order chi connectivity index (χ1) is 15.8. The quantitative estimate of drug-likeness (QED) is 0.310. The third-order valence-corrected chi connectivity index (χ3v) is 6.47. The molecule has 0 saturated carbocycles. The fourth-order valence-electron chi connectivity index (χ4n) is 4.76. The average molecular weight is 429 g/mol. The smallest absolute Gasteiger partial charge is 0.120 e.